The molecule has 0 aliphatic rings. The number of carbonyl (C=O) groups is 1. The fourth-order valence-electron chi connectivity index (χ4n) is 2.83. The second-order valence-electron chi connectivity index (χ2n) is 5.86. The molecule has 1 N–H and O–H groups in total. The Bertz CT molecular complexity index is 1130. The zero-order valence-electron chi connectivity index (χ0n) is 14.4. The first-order valence-electron chi connectivity index (χ1n) is 8.13. The molecular formula is C20H16N4OS. The normalized spacial score (nSPS) is 11.0. The van der Waals surface area contributed by atoms with Crippen LogP contribution in [0, 0.1) is 0 Å². The first-order chi connectivity index (χ1) is 12.7. The van der Waals surface area contributed by atoms with Crippen LogP contribution >= 0.6 is 11.8 Å². The number of nitrogens with one attached hydrogen (secondary N) is 1. The molecule has 2 heterocycles. The van der Waals surface area contributed by atoms with Crippen LogP contribution in [0.2, 0.25) is 0 Å². The molecule has 0 amide bonds. The predicted octanol–water partition coefficient (Wildman–Crippen LogP) is 4.85. The molecule has 2 aromatic carbocycles. The SMILES string of the molecule is CSc1ncc2c(n1)c(Nc1ccccc1)nc1cc(C(C)=O)ccc12. The van der Waals surface area contributed by atoms with Crippen molar-refractivity contribution in [2.24, 2.45) is 0 Å². The van der Waals surface area contributed by atoms with Crippen molar-refractivity contribution in [1.82, 2.24) is 15.0 Å². The highest BCUT2D eigenvalue weighted by Crippen LogP contribution is 2.31. The molecule has 26 heavy (non-hydrogen) atoms. The Morgan fingerprint density at radius 2 is 1.85 bits per heavy atom. The third-order valence-corrected chi connectivity index (χ3v) is 4.70. The highest BCUT2D eigenvalue weighted by molar-refractivity contribution is 7.98. The predicted molar refractivity (Wildman–Crippen MR) is 106 cm³/mol. The summed E-state index contributed by atoms with van der Waals surface area (Å²) in [6, 6.07) is 15.4. The van der Waals surface area contributed by atoms with Gasteiger partial charge in [0.2, 0.25) is 0 Å². The van der Waals surface area contributed by atoms with E-state index in [1.807, 2.05) is 61.0 Å². The minimum atomic E-state index is 0.0142. The van der Waals surface area contributed by atoms with Crippen LogP contribution in [0.15, 0.2) is 59.9 Å². The molecular weight excluding hydrogens is 344 g/mol. The van der Waals surface area contributed by atoms with Crippen LogP contribution in [0.3, 0.4) is 0 Å². The molecule has 0 atom stereocenters. The molecule has 2 aromatic heterocycles. The number of para-hydroxylation sites is 1. The van der Waals surface area contributed by atoms with Gasteiger partial charge in [0.25, 0.3) is 0 Å². The minimum absolute atomic E-state index is 0.0142. The molecule has 128 valence electrons. The van der Waals surface area contributed by atoms with Gasteiger partial charge in [-0.15, -0.1) is 0 Å². The topological polar surface area (TPSA) is 67.8 Å². The molecule has 0 aliphatic heterocycles. The highest BCUT2D eigenvalue weighted by Gasteiger charge is 2.13. The van der Waals surface area contributed by atoms with E-state index < -0.39 is 0 Å². The molecule has 0 fully saturated rings. The lowest BCUT2D eigenvalue weighted by molar-refractivity contribution is 0.101. The van der Waals surface area contributed by atoms with Crippen molar-refractivity contribution in [3.63, 3.8) is 0 Å². The molecule has 0 aliphatic carbocycles. The summed E-state index contributed by atoms with van der Waals surface area (Å²) < 4.78 is 0. The molecule has 0 bridgehead atoms. The van der Waals surface area contributed by atoms with Crippen molar-refractivity contribution in [3.8, 4) is 0 Å². The van der Waals surface area contributed by atoms with E-state index in [-0.39, 0.29) is 5.78 Å². The highest BCUT2D eigenvalue weighted by atomic mass is 32.2. The average molecular weight is 360 g/mol. The van der Waals surface area contributed by atoms with Crippen molar-refractivity contribution < 1.29 is 4.79 Å². The first-order valence-corrected chi connectivity index (χ1v) is 9.35. The summed E-state index contributed by atoms with van der Waals surface area (Å²) in [7, 11) is 0. The molecule has 4 rings (SSSR count). The number of pyridine rings is 1. The van der Waals surface area contributed by atoms with Crippen LogP contribution in [0.4, 0.5) is 11.5 Å². The van der Waals surface area contributed by atoms with Crippen molar-refractivity contribution >= 4 is 50.9 Å². The first kappa shape index (κ1) is 16.5. The smallest absolute Gasteiger partial charge is 0.187 e. The molecule has 0 spiro atoms. The van der Waals surface area contributed by atoms with Crippen LogP contribution in [-0.2, 0) is 0 Å². The van der Waals surface area contributed by atoms with E-state index in [9.17, 15) is 4.79 Å². The fraction of sp³-hybridized carbons (Fsp3) is 0.100. The zero-order valence-corrected chi connectivity index (χ0v) is 15.2. The van der Waals surface area contributed by atoms with Crippen molar-refractivity contribution in [2.45, 2.75) is 12.1 Å². The Morgan fingerprint density at radius 3 is 2.58 bits per heavy atom. The molecule has 0 saturated heterocycles. The Hall–Kier alpha value is -2.99. The molecule has 4 aromatic rings. The zero-order chi connectivity index (χ0) is 18.1. The number of anilines is 2. The van der Waals surface area contributed by atoms with E-state index in [4.69, 9.17) is 4.98 Å². The molecule has 5 nitrogen and oxygen atoms in total. The maximum Gasteiger partial charge on any atom is 0.187 e. The monoisotopic (exact) mass is 360 g/mol. The molecule has 6 heteroatoms. The summed E-state index contributed by atoms with van der Waals surface area (Å²) in [5, 5.41) is 5.86. The number of fused-ring (bicyclic) bond motifs is 3. The van der Waals surface area contributed by atoms with Crippen LogP contribution < -0.4 is 5.32 Å². The third kappa shape index (κ3) is 2.99. The van der Waals surface area contributed by atoms with E-state index in [1.54, 1.807) is 6.92 Å². The maximum absolute atomic E-state index is 11.7. The summed E-state index contributed by atoms with van der Waals surface area (Å²) in [5.74, 6) is 0.664. The van der Waals surface area contributed by atoms with E-state index in [0.29, 0.717) is 16.5 Å². The van der Waals surface area contributed by atoms with Gasteiger partial charge in [-0.2, -0.15) is 0 Å². The number of hydrogen-bond acceptors (Lipinski definition) is 6. The van der Waals surface area contributed by atoms with Gasteiger partial charge >= 0.3 is 0 Å². The van der Waals surface area contributed by atoms with Gasteiger partial charge in [0.15, 0.2) is 16.8 Å². The van der Waals surface area contributed by atoms with Crippen LogP contribution in [-0.4, -0.2) is 27.0 Å². The molecule has 0 radical (unpaired) electrons. The van der Waals surface area contributed by atoms with Crippen molar-refractivity contribution in [1.29, 1.82) is 0 Å². The number of hydrogen-bond donors (Lipinski definition) is 1. The number of ketones is 1. The van der Waals surface area contributed by atoms with Crippen LogP contribution in [0.25, 0.3) is 21.8 Å². The summed E-state index contributed by atoms with van der Waals surface area (Å²) in [4.78, 5) is 25.6. The Morgan fingerprint density at radius 1 is 1.04 bits per heavy atom. The van der Waals surface area contributed by atoms with Crippen LogP contribution in [0.5, 0.6) is 0 Å². The number of aromatic nitrogens is 3. The number of thioether (sulfide) groups is 1. The summed E-state index contributed by atoms with van der Waals surface area (Å²) >= 11 is 1.49. The summed E-state index contributed by atoms with van der Waals surface area (Å²) in [6.07, 6.45) is 3.76. The average Bonchev–Trinajstić information content (AvgIpc) is 2.68. The number of Topliss-reactive ketones (excluding diaryl/α,β-unsaturated/α-hetero) is 1. The number of carbonyl (C=O) groups excluding carboxylic acids is 1. The second kappa shape index (κ2) is 6.72. The standard InChI is InChI=1S/C20H16N4OS/c1-12(25)13-8-9-15-16-11-21-20(26-2)24-18(16)19(23-17(15)10-13)22-14-6-4-3-5-7-14/h3-11H,1-2H3,(H,22,23). The lowest BCUT2D eigenvalue weighted by Crippen LogP contribution is -2.00. The number of rotatable bonds is 4. The van der Waals surface area contributed by atoms with Crippen molar-refractivity contribution in [2.75, 3.05) is 11.6 Å². The van der Waals surface area contributed by atoms with Gasteiger partial charge in [0, 0.05) is 28.2 Å². The van der Waals surface area contributed by atoms with E-state index in [1.165, 1.54) is 11.8 Å². The second-order valence-corrected chi connectivity index (χ2v) is 6.63. The summed E-state index contributed by atoms with van der Waals surface area (Å²) in [5.41, 5.74) is 3.06. The van der Waals surface area contributed by atoms with Gasteiger partial charge in [0.05, 0.1) is 5.52 Å². The number of benzene rings is 2. The van der Waals surface area contributed by atoms with Crippen molar-refractivity contribution in [3.05, 3.63) is 60.3 Å². The fourth-order valence-corrected chi connectivity index (χ4v) is 3.17. The van der Waals surface area contributed by atoms with Gasteiger partial charge in [-0.3, -0.25) is 4.79 Å². The Labute approximate surface area is 154 Å². The largest absolute Gasteiger partial charge is 0.338 e. The minimum Gasteiger partial charge on any atom is -0.338 e. The summed E-state index contributed by atoms with van der Waals surface area (Å²) in [6.45, 7) is 1.55. The molecule has 0 unspecified atom stereocenters. The van der Waals surface area contributed by atoms with Gasteiger partial charge in [-0.25, -0.2) is 15.0 Å². The maximum atomic E-state index is 11.7. The van der Waals surface area contributed by atoms with Gasteiger partial charge in [-0.05, 0) is 31.4 Å². The van der Waals surface area contributed by atoms with E-state index >= 15 is 0 Å². The van der Waals surface area contributed by atoms with Gasteiger partial charge < -0.3 is 5.32 Å². The quantitative estimate of drug-likeness (QED) is 0.243. The third-order valence-electron chi connectivity index (χ3n) is 4.14. The van der Waals surface area contributed by atoms with E-state index in [2.05, 4.69) is 15.3 Å². The molecule has 0 saturated carbocycles. The Kier molecular flexibility index (Phi) is 4.26. The van der Waals surface area contributed by atoms with E-state index in [0.717, 1.165) is 27.5 Å². The number of nitrogens with zero attached hydrogens (tertiary/aromatic N) is 3. The van der Waals surface area contributed by atoms with Gasteiger partial charge in [0.1, 0.15) is 5.52 Å². The Balaban J connectivity index is 1.99. The lowest BCUT2D eigenvalue weighted by atomic mass is 10.1. The van der Waals surface area contributed by atoms with Crippen LogP contribution in [0.1, 0.15) is 17.3 Å². The lowest BCUT2D eigenvalue weighted by Gasteiger charge is -2.12. The van der Waals surface area contributed by atoms with Gasteiger partial charge in [-0.1, -0.05) is 42.1 Å².